The summed E-state index contributed by atoms with van der Waals surface area (Å²) in [5.41, 5.74) is 0.565. The number of likely N-dealkylation sites (tertiary alicyclic amines) is 1. The van der Waals surface area contributed by atoms with Gasteiger partial charge in [0.25, 0.3) is 0 Å². The van der Waals surface area contributed by atoms with Gasteiger partial charge in [-0.1, -0.05) is 53.4 Å². The summed E-state index contributed by atoms with van der Waals surface area (Å²) in [6, 6.07) is 12.3. The summed E-state index contributed by atoms with van der Waals surface area (Å²) in [6.45, 7) is 3.70. The SMILES string of the molecule is Cc1nnc(SCCNC(=O)N2CCC(C#N)(c3ccccc3)CC2)s1. The molecule has 2 aromatic rings. The van der Waals surface area contributed by atoms with E-state index in [1.807, 2.05) is 37.3 Å². The van der Waals surface area contributed by atoms with Crippen LogP contribution in [0.15, 0.2) is 34.7 Å². The number of rotatable bonds is 5. The first-order valence-corrected chi connectivity index (χ1v) is 10.4. The van der Waals surface area contributed by atoms with E-state index in [0.29, 0.717) is 32.5 Å². The molecule has 1 aromatic carbocycles. The van der Waals surface area contributed by atoms with E-state index >= 15 is 0 Å². The molecule has 0 spiro atoms. The Morgan fingerprint density at radius 3 is 2.69 bits per heavy atom. The number of thioether (sulfide) groups is 1. The molecule has 0 saturated carbocycles. The lowest BCUT2D eigenvalue weighted by Crippen LogP contribution is -2.48. The van der Waals surface area contributed by atoms with Gasteiger partial charge >= 0.3 is 6.03 Å². The lowest BCUT2D eigenvalue weighted by Gasteiger charge is -2.37. The fourth-order valence-electron chi connectivity index (χ4n) is 3.06. The Balaban J connectivity index is 1.45. The Kier molecular flexibility index (Phi) is 6.12. The van der Waals surface area contributed by atoms with Gasteiger partial charge in [0.15, 0.2) is 4.34 Å². The van der Waals surface area contributed by atoms with E-state index in [1.165, 1.54) is 0 Å². The van der Waals surface area contributed by atoms with Crippen molar-refractivity contribution in [1.82, 2.24) is 20.4 Å². The van der Waals surface area contributed by atoms with E-state index in [1.54, 1.807) is 28.0 Å². The van der Waals surface area contributed by atoms with Gasteiger partial charge in [0, 0.05) is 25.4 Å². The smallest absolute Gasteiger partial charge is 0.317 e. The van der Waals surface area contributed by atoms with Crippen molar-refractivity contribution in [1.29, 1.82) is 5.26 Å². The number of aromatic nitrogens is 2. The summed E-state index contributed by atoms with van der Waals surface area (Å²) in [6.07, 6.45) is 1.33. The Labute approximate surface area is 161 Å². The van der Waals surface area contributed by atoms with E-state index < -0.39 is 5.41 Å². The third kappa shape index (κ3) is 4.34. The van der Waals surface area contributed by atoms with Crippen LogP contribution in [0.2, 0.25) is 0 Å². The highest BCUT2D eigenvalue weighted by Gasteiger charge is 2.37. The van der Waals surface area contributed by atoms with Gasteiger partial charge in [-0.05, 0) is 25.3 Å². The molecule has 1 saturated heterocycles. The van der Waals surface area contributed by atoms with E-state index in [-0.39, 0.29) is 6.03 Å². The highest BCUT2D eigenvalue weighted by molar-refractivity contribution is 8.01. The molecule has 26 heavy (non-hydrogen) atoms. The van der Waals surface area contributed by atoms with Crippen LogP contribution in [0.1, 0.15) is 23.4 Å². The molecule has 6 nitrogen and oxygen atoms in total. The minimum absolute atomic E-state index is 0.0568. The Morgan fingerprint density at radius 1 is 1.35 bits per heavy atom. The summed E-state index contributed by atoms with van der Waals surface area (Å²) in [5, 5.41) is 21.7. The van der Waals surface area contributed by atoms with Crippen molar-refractivity contribution in [2.45, 2.75) is 29.5 Å². The normalized spacial score (nSPS) is 16.1. The lowest BCUT2D eigenvalue weighted by atomic mass is 9.74. The van der Waals surface area contributed by atoms with E-state index in [2.05, 4.69) is 21.6 Å². The lowest BCUT2D eigenvalue weighted by molar-refractivity contribution is 0.172. The average Bonchev–Trinajstić information content (AvgIpc) is 3.11. The minimum Gasteiger partial charge on any atom is -0.337 e. The second-order valence-corrected chi connectivity index (χ2v) is 8.74. The van der Waals surface area contributed by atoms with Crippen LogP contribution in [0.25, 0.3) is 0 Å². The van der Waals surface area contributed by atoms with Crippen LogP contribution in [-0.2, 0) is 5.41 Å². The molecule has 1 aliphatic heterocycles. The van der Waals surface area contributed by atoms with Gasteiger partial charge in [-0.2, -0.15) is 5.26 Å². The van der Waals surface area contributed by atoms with Gasteiger partial charge < -0.3 is 10.2 Å². The maximum Gasteiger partial charge on any atom is 0.317 e. The van der Waals surface area contributed by atoms with Gasteiger partial charge in [0.1, 0.15) is 5.01 Å². The van der Waals surface area contributed by atoms with Crippen molar-refractivity contribution in [2.75, 3.05) is 25.4 Å². The fourth-order valence-corrected chi connectivity index (χ4v) is 4.80. The van der Waals surface area contributed by atoms with Gasteiger partial charge in [0.05, 0.1) is 11.5 Å². The average molecular weight is 388 g/mol. The van der Waals surface area contributed by atoms with Crippen LogP contribution in [0.4, 0.5) is 4.79 Å². The number of aryl methyl sites for hydroxylation is 1. The number of nitriles is 1. The molecule has 0 radical (unpaired) electrons. The maximum absolute atomic E-state index is 12.3. The second-order valence-electron chi connectivity index (χ2n) is 6.21. The standard InChI is InChI=1S/C18H21N5OS2/c1-14-21-22-17(26-14)25-12-9-20-16(24)23-10-7-18(13-19,8-11-23)15-5-3-2-4-6-15/h2-6H,7-12H2,1H3,(H,20,24). The molecule has 2 amide bonds. The number of benzene rings is 1. The number of carbonyl (C=O) groups is 1. The molecule has 1 aliphatic rings. The zero-order chi connectivity index (χ0) is 18.4. The topological polar surface area (TPSA) is 81.9 Å². The quantitative estimate of drug-likeness (QED) is 0.629. The highest BCUT2D eigenvalue weighted by atomic mass is 32.2. The van der Waals surface area contributed by atoms with Crippen LogP contribution in [0.5, 0.6) is 0 Å². The molecule has 0 aliphatic carbocycles. The predicted molar refractivity (Wildman–Crippen MR) is 103 cm³/mol. The second kappa shape index (κ2) is 8.52. The monoisotopic (exact) mass is 387 g/mol. The molecule has 1 N–H and O–H groups in total. The number of nitrogens with zero attached hydrogens (tertiary/aromatic N) is 4. The first-order chi connectivity index (χ1) is 12.6. The summed E-state index contributed by atoms with van der Waals surface area (Å²) >= 11 is 3.16. The summed E-state index contributed by atoms with van der Waals surface area (Å²) in [4.78, 5) is 14.2. The molecule has 3 rings (SSSR count). The number of amides is 2. The molecule has 136 valence electrons. The Hall–Kier alpha value is -2.11. The number of hydrogen-bond donors (Lipinski definition) is 1. The van der Waals surface area contributed by atoms with Crippen molar-refractivity contribution >= 4 is 29.1 Å². The summed E-state index contributed by atoms with van der Waals surface area (Å²) in [5.74, 6) is 0.764. The highest BCUT2D eigenvalue weighted by Crippen LogP contribution is 2.34. The molecular weight excluding hydrogens is 366 g/mol. The maximum atomic E-state index is 12.3. The number of nitrogens with one attached hydrogen (secondary N) is 1. The van der Waals surface area contributed by atoms with Crippen LogP contribution < -0.4 is 5.32 Å². The molecule has 0 atom stereocenters. The number of piperidine rings is 1. The Bertz CT molecular complexity index is 778. The summed E-state index contributed by atoms with van der Waals surface area (Å²) in [7, 11) is 0. The van der Waals surface area contributed by atoms with Crippen molar-refractivity contribution in [3.05, 3.63) is 40.9 Å². The largest absolute Gasteiger partial charge is 0.337 e. The molecule has 1 fully saturated rings. The van der Waals surface area contributed by atoms with Crippen LogP contribution in [0, 0.1) is 18.3 Å². The first kappa shape index (κ1) is 18.7. The van der Waals surface area contributed by atoms with Crippen LogP contribution in [-0.4, -0.2) is 46.5 Å². The minimum atomic E-state index is -0.483. The van der Waals surface area contributed by atoms with Gasteiger partial charge in [-0.15, -0.1) is 10.2 Å². The van der Waals surface area contributed by atoms with Crippen molar-refractivity contribution < 1.29 is 4.79 Å². The Morgan fingerprint density at radius 2 is 2.08 bits per heavy atom. The zero-order valence-electron chi connectivity index (χ0n) is 14.6. The van der Waals surface area contributed by atoms with Crippen molar-refractivity contribution in [3.8, 4) is 6.07 Å². The van der Waals surface area contributed by atoms with E-state index in [4.69, 9.17) is 0 Å². The fraction of sp³-hybridized carbons (Fsp3) is 0.444. The van der Waals surface area contributed by atoms with Crippen LogP contribution in [0.3, 0.4) is 0 Å². The number of hydrogen-bond acceptors (Lipinski definition) is 6. The van der Waals surface area contributed by atoms with Gasteiger partial charge in [0.2, 0.25) is 0 Å². The number of urea groups is 1. The van der Waals surface area contributed by atoms with Crippen LogP contribution >= 0.6 is 23.1 Å². The molecular formula is C18H21N5OS2. The zero-order valence-corrected chi connectivity index (χ0v) is 16.3. The predicted octanol–water partition coefficient (Wildman–Crippen LogP) is 3.21. The van der Waals surface area contributed by atoms with E-state index in [0.717, 1.165) is 20.7 Å². The third-order valence-corrected chi connectivity index (χ3v) is 6.53. The molecule has 1 aromatic heterocycles. The molecule has 2 heterocycles. The third-order valence-electron chi connectivity index (χ3n) is 4.56. The van der Waals surface area contributed by atoms with Gasteiger partial charge in [-0.3, -0.25) is 0 Å². The van der Waals surface area contributed by atoms with Gasteiger partial charge in [-0.25, -0.2) is 4.79 Å². The number of carbonyl (C=O) groups excluding carboxylic acids is 1. The van der Waals surface area contributed by atoms with Crippen molar-refractivity contribution in [3.63, 3.8) is 0 Å². The molecule has 0 unspecified atom stereocenters. The van der Waals surface area contributed by atoms with E-state index in [9.17, 15) is 10.1 Å². The summed E-state index contributed by atoms with van der Waals surface area (Å²) < 4.78 is 0.927. The first-order valence-electron chi connectivity index (χ1n) is 8.55. The molecule has 0 bridgehead atoms. The van der Waals surface area contributed by atoms with Crippen molar-refractivity contribution in [2.24, 2.45) is 0 Å². The molecule has 8 heteroatoms.